The number of aromatic nitrogens is 2. The van der Waals surface area contributed by atoms with Crippen LogP contribution in [0.1, 0.15) is 79.8 Å². The van der Waals surface area contributed by atoms with Gasteiger partial charge in [-0.15, -0.1) is 0 Å². The number of hydrogen-bond acceptors (Lipinski definition) is 4. The van der Waals surface area contributed by atoms with Crippen LogP contribution in [0.25, 0.3) is 0 Å². The molecular formula is C20H32N4O2. The van der Waals surface area contributed by atoms with E-state index >= 15 is 0 Å². The van der Waals surface area contributed by atoms with E-state index in [0.717, 1.165) is 56.9 Å². The fourth-order valence-corrected chi connectivity index (χ4v) is 5.05. The standard InChI is InChI=1S/C20H32N4O2/c25-19(17-14-21-23-18(17)16-6-2-1-3-7-16)22-20(8-4-5-9-20)15-24-10-12-26-13-11-24/h14,16H,1-13,15H2,(H,21,23)(H,22,25). The fraction of sp³-hybridized carbons (Fsp3) is 0.800. The number of nitrogens with zero attached hydrogens (tertiary/aromatic N) is 2. The normalized spacial score (nSPS) is 24.6. The highest BCUT2D eigenvalue weighted by Crippen LogP contribution is 2.34. The lowest BCUT2D eigenvalue weighted by atomic mass is 9.85. The lowest BCUT2D eigenvalue weighted by molar-refractivity contribution is 0.0238. The van der Waals surface area contributed by atoms with E-state index in [2.05, 4.69) is 20.4 Å². The Morgan fingerprint density at radius 2 is 1.92 bits per heavy atom. The van der Waals surface area contributed by atoms with Crippen LogP contribution in [-0.2, 0) is 4.74 Å². The predicted molar refractivity (Wildman–Crippen MR) is 100 cm³/mol. The molecule has 2 heterocycles. The van der Waals surface area contributed by atoms with Gasteiger partial charge >= 0.3 is 0 Å². The summed E-state index contributed by atoms with van der Waals surface area (Å²) in [4.78, 5) is 15.6. The number of morpholine rings is 1. The SMILES string of the molecule is O=C(NC1(CN2CCOCC2)CCCC1)c1cn[nH]c1C1CCCCC1. The van der Waals surface area contributed by atoms with Crippen molar-refractivity contribution < 1.29 is 9.53 Å². The molecule has 4 rings (SSSR count). The maximum Gasteiger partial charge on any atom is 0.255 e. The van der Waals surface area contributed by atoms with Gasteiger partial charge in [-0.05, 0) is 25.7 Å². The third-order valence-corrected chi connectivity index (χ3v) is 6.50. The number of hydrogen-bond donors (Lipinski definition) is 2. The molecule has 0 bridgehead atoms. The van der Waals surface area contributed by atoms with Crippen LogP contribution in [0.5, 0.6) is 0 Å². The molecule has 1 amide bonds. The van der Waals surface area contributed by atoms with Crippen LogP contribution in [-0.4, -0.2) is 59.4 Å². The molecule has 1 aromatic rings. The van der Waals surface area contributed by atoms with Gasteiger partial charge in [-0.3, -0.25) is 14.8 Å². The summed E-state index contributed by atoms with van der Waals surface area (Å²) in [5, 5.41) is 10.8. The molecule has 2 aliphatic carbocycles. The van der Waals surface area contributed by atoms with E-state index in [-0.39, 0.29) is 11.4 Å². The molecule has 3 aliphatic rings. The molecule has 1 aliphatic heterocycles. The Balaban J connectivity index is 1.46. The first-order valence-electron chi connectivity index (χ1n) is 10.4. The molecule has 144 valence electrons. The number of carbonyl (C=O) groups excluding carboxylic acids is 1. The molecule has 1 aromatic heterocycles. The lowest BCUT2D eigenvalue weighted by Gasteiger charge is -2.38. The first kappa shape index (κ1) is 18.0. The number of ether oxygens (including phenoxy) is 1. The number of amides is 1. The van der Waals surface area contributed by atoms with Crippen molar-refractivity contribution in [2.45, 2.75) is 69.2 Å². The summed E-state index contributed by atoms with van der Waals surface area (Å²) in [5.74, 6) is 0.528. The molecule has 6 nitrogen and oxygen atoms in total. The van der Waals surface area contributed by atoms with Crippen LogP contribution in [0.4, 0.5) is 0 Å². The monoisotopic (exact) mass is 360 g/mol. The highest BCUT2D eigenvalue weighted by molar-refractivity contribution is 5.95. The highest BCUT2D eigenvalue weighted by atomic mass is 16.5. The number of nitrogens with one attached hydrogen (secondary N) is 2. The average Bonchev–Trinajstić information content (AvgIpc) is 3.33. The quantitative estimate of drug-likeness (QED) is 0.847. The number of aromatic amines is 1. The second-order valence-electron chi connectivity index (χ2n) is 8.36. The van der Waals surface area contributed by atoms with Gasteiger partial charge in [0.05, 0.1) is 36.2 Å². The number of rotatable bonds is 5. The summed E-state index contributed by atoms with van der Waals surface area (Å²) >= 11 is 0. The van der Waals surface area contributed by atoms with Gasteiger partial charge in [0.25, 0.3) is 5.91 Å². The highest BCUT2D eigenvalue weighted by Gasteiger charge is 2.38. The van der Waals surface area contributed by atoms with E-state index in [0.29, 0.717) is 5.92 Å². The Morgan fingerprint density at radius 3 is 2.65 bits per heavy atom. The van der Waals surface area contributed by atoms with Crippen molar-refractivity contribution in [1.29, 1.82) is 0 Å². The topological polar surface area (TPSA) is 70.2 Å². The summed E-state index contributed by atoms with van der Waals surface area (Å²) in [6, 6.07) is 0. The van der Waals surface area contributed by atoms with Crippen molar-refractivity contribution in [3.63, 3.8) is 0 Å². The van der Waals surface area contributed by atoms with E-state index in [4.69, 9.17) is 4.74 Å². The zero-order valence-corrected chi connectivity index (χ0v) is 15.8. The van der Waals surface area contributed by atoms with E-state index in [1.54, 1.807) is 6.20 Å². The number of H-pyrrole nitrogens is 1. The molecule has 0 spiro atoms. The Morgan fingerprint density at radius 1 is 1.19 bits per heavy atom. The summed E-state index contributed by atoms with van der Waals surface area (Å²) in [7, 11) is 0. The van der Waals surface area contributed by atoms with E-state index in [9.17, 15) is 4.79 Å². The molecule has 2 saturated carbocycles. The molecule has 26 heavy (non-hydrogen) atoms. The van der Waals surface area contributed by atoms with Crippen LogP contribution in [0, 0.1) is 0 Å². The van der Waals surface area contributed by atoms with Crippen molar-refractivity contribution in [1.82, 2.24) is 20.4 Å². The van der Waals surface area contributed by atoms with E-state index < -0.39 is 0 Å². The summed E-state index contributed by atoms with van der Waals surface area (Å²) < 4.78 is 5.48. The van der Waals surface area contributed by atoms with Gasteiger partial charge in [-0.25, -0.2) is 0 Å². The van der Waals surface area contributed by atoms with Gasteiger partial charge in [-0.2, -0.15) is 5.10 Å². The van der Waals surface area contributed by atoms with Gasteiger partial charge in [0.2, 0.25) is 0 Å². The first-order valence-corrected chi connectivity index (χ1v) is 10.4. The van der Waals surface area contributed by atoms with E-state index in [1.807, 2.05) is 0 Å². The molecule has 3 fully saturated rings. The molecular weight excluding hydrogens is 328 g/mol. The minimum Gasteiger partial charge on any atom is -0.379 e. The van der Waals surface area contributed by atoms with Crippen molar-refractivity contribution in [2.75, 3.05) is 32.8 Å². The van der Waals surface area contributed by atoms with Gasteiger partial charge in [0.15, 0.2) is 0 Å². The molecule has 0 atom stereocenters. The molecule has 2 N–H and O–H groups in total. The second kappa shape index (κ2) is 8.09. The maximum atomic E-state index is 13.2. The van der Waals surface area contributed by atoms with Gasteiger partial charge in [-0.1, -0.05) is 32.1 Å². The van der Waals surface area contributed by atoms with Crippen LogP contribution < -0.4 is 5.32 Å². The summed E-state index contributed by atoms with van der Waals surface area (Å²) in [6.45, 7) is 4.49. The van der Waals surface area contributed by atoms with Crippen LogP contribution in [0.3, 0.4) is 0 Å². The Kier molecular flexibility index (Phi) is 5.60. The van der Waals surface area contributed by atoms with Gasteiger partial charge < -0.3 is 10.1 Å². The van der Waals surface area contributed by atoms with Crippen molar-refractivity contribution in [3.8, 4) is 0 Å². The fourth-order valence-electron chi connectivity index (χ4n) is 5.05. The smallest absolute Gasteiger partial charge is 0.255 e. The average molecular weight is 361 g/mol. The summed E-state index contributed by atoms with van der Waals surface area (Å²) in [5.41, 5.74) is 1.74. The molecule has 0 radical (unpaired) electrons. The van der Waals surface area contributed by atoms with Crippen LogP contribution in [0.15, 0.2) is 6.20 Å². The third-order valence-electron chi connectivity index (χ3n) is 6.50. The van der Waals surface area contributed by atoms with Crippen molar-refractivity contribution in [3.05, 3.63) is 17.5 Å². The molecule has 6 heteroatoms. The molecule has 0 unspecified atom stereocenters. The summed E-state index contributed by atoms with van der Waals surface area (Å²) in [6.07, 6.45) is 12.4. The maximum absolute atomic E-state index is 13.2. The first-order chi connectivity index (χ1) is 12.8. The predicted octanol–water partition coefficient (Wildman–Crippen LogP) is 2.83. The van der Waals surface area contributed by atoms with Crippen LogP contribution >= 0.6 is 0 Å². The zero-order valence-electron chi connectivity index (χ0n) is 15.8. The van der Waals surface area contributed by atoms with Gasteiger partial charge in [0, 0.05) is 25.6 Å². The minimum atomic E-state index is -0.0878. The Bertz CT molecular complexity index is 597. The van der Waals surface area contributed by atoms with E-state index in [1.165, 1.54) is 44.9 Å². The molecule has 0 aromatic carbocycles. The minimum absolute atomic E-state index is 0.0643. The second-order valence-corrected chi connectivity index (χ2v) is 8.36. The van der Waals surface area contributed by atoms with Crippen molar-refractivity contribution in [2.24, 2.45) is 0 Å². The Labute approximate surface area is 156 Å². The Hall–Kier alpha value is -1.40. The lowest BCUT2D eigenvalue weighted by Crippen LogP contribution is -2.55. The number of carbonyl (C=O) groups is 1. The van der Waals surface area contributed by atoms with Crippen LogP contribution in [0.2, 0.25) is 0 Å². The zero-order chi connectivity index (χ0) is 17.8. The molecule has 1 saturated heterocycles. The third kappa shape index (κ3) is 3.96. The van der Waals surface area contributed by atoms with Gasteiger partial charge in [0.1, 0.15) is 0 Å². The van der Waals surface area contributed by atoms with Crippen molar-refractivity contribution >= 4 is 5.91 Å². The largest absolute Gasteiger partial charge is 0.379 e.